The van der Waals surface area contributed by atoms with E-state index in [1.54, 1.807) is 0 Å². The Bertz CT molecular complexity index is 900. The molecule has 0 saturated carbocycles. The predicted octanol–water partition coefficient (Wildman–Crippen LogP) is 2.66. The molecule has 3 rings (SSSR count). The lowest BCUT2D eigenvalue weighted by atomic mass is 10.0. The number of hydrogen-bond acceptors (Lipinski definition) is 8. The highest BCUT2D eigenvalue weighted by Gasteiger charge is 2.20. The van der Waals surface area contributed by atoms with Crippen molar-refractivity contribution >= 4 is 0 Å². The molecule has 8 heteroatoms. The summed E-state index contributed by atoms with van der Waals surface area (Å²) in [7, 11) is 16.3. The maximum atomic E-state index is 10.8. The van der Waals surface area contributed by atoms with E-state index in [1.165, 1.54) is 11.1 Å². The first-order valence-electron chi connectivity index (χ1n) is 13.6. The van der Waals surface area contributed by atoms with Gasteiger partial charge in [0.15, 0.2) is 0 Å². The number of hydrogen-bond donors (Lipinski definition) is 2. The molecule has 2 aromatic rings. The minimum absolute atomic E-state index is 0.428. The van der Waals surface area contributed by atoms with Crippen LogP contribution in [0.3, 0.4) is 0 Å². The predicted molar refractivity (Wildman–Crippen MR) is 156 cm³/mol. The van der Waals surface area contributed by atoms with Gasteiger partial charge in [-0.1, -0.05) is 0 Å². The molecular formula is C30H50N6O2. The quantitative estimate of drug-likeness (QED) is 0.438. The zero-order chi connectivity index (χ0) is 28.0. The fraction of sp³-hybridized carbons (Fsp3) is 0.600. The summed E-state index contributed by atoms with van der Waals surface area (Å²) in [6.07, 6.45) is 0. The smallest absolute Gasteiger partial charge is 0.124 e. The van der Waals surface area contributed by atoms with E-state index in [9.17, 15) is 10.2 Å². The highest BCUT2D eigenvalue weighted by atomic mass is 16.3. The molecular weight excluding hydrogens is 476 g/mol. The van der Waals surface area contributed by atoms with Crippen LogP contribution in [-0.2, 0) is 39.3 Å². The summed E-state index contributed by atoms with van der Waals surface area (Å²) in [6, 6.07) is 8.71. The van der Waals surface area contributed by atoms with E-state index in [0.717, 1.165) is 87.7 Å². The third-order valence-corrected chi connectivity index (χ3v) is 6.88. The van der Waals surface area contributed by atoms with E-state index in [0.29, 0.717) is 11.5 Å². The first-order valence-corrected chi connectivity index (χ1v) is 13.6. The SMILES string of the molecule is CN(C)Cc1cc(CN2CCN(Cc3cc(CN(C)C)c(O)c(CN(C)C)c3)CC2)cc(CN(C)C)c1O. The van der Waals surface area contributed by atoms with E-state index in [2.05, 4.69) is 53.7 Å². The molecule has 0 spiro atoms. The van der Waals surface area contributed by atoms with Crippen molar-refractivity contribution in [2.45, 2.75) is 39.3 Å². The summed E-state index contributed by atoms with van der Waals surface area (Å²) >= 11 is 0. The second kappa shape index (κ2) is 13.7. The summed E-state index contributed by atoms with van der Waals surface area (Å²) < 4.78 is 0. The molecule has 1 aliphatic heterocycles. The molecule has 1 heterocycles. The summed E-state index contributed by atoms with van der Waals surface area (Å²) in [5.41, 5.74) is 6.53. The number of phenols is 2. The second-order valence-corrected chi connectivity index (χ2v) is 12.0. The van der Waals surface area contributed by atoms with E-state index in [-0.39, 0.29) is 0 Å². The lowest BCUT2D eigenvalue weighted by Gasteiger charge is -2.35. The van der Waals surface area contributed by atoms with Crippen molar-refractivity contribution in [3.8, 4) is 11.5 Å². The average molecular weight is 527 g/mol. The van der Waals surface area contributed by atoms with Gasteiger partial charge in [-0.05, 0) is 91.8 Å². The minimum Gasteiger partial charge on any atom is -0.507 e. The maximum absolute atomic E-state index is 10.8. The molecule has 0 atom stereocenters. The summed E-state index contributed by atoms with van der Waals surface area (Å²) in [4.78, 5) is 13.5. The van der Waals surface area contributed by atoms with E-state index < -0.39 is 0 Å². The van der Waals surface area contributed by atoms with E-state index in [1.807, 2.05) is 56.4 Å². The zero-order valence-corrected chi connectivity index (χ0v) is 25.0. The normalized spacial score (nSPS) is 15.5. The number of piperazine rings is 1. The minimum atomic E-state index is 0.428. The van der Waals surface area contributed by atoms with Gasteiger partial charge in [0.1, 0.15) is 11.5 Å². The van der Waals surface area contributed by atoms with E-state index >= 15 is 0 Å². The van der Waals surface area contributed by atoms with Crippen LogP contribution in [0.15, 0.2) is 24.3 Å². The highest BCUT2D eigenvalue weighted by Crippen LogP contribution is 2.29. The van der Waals surface area contributed by atoms with Gasteiger partial charge in [-0.2, -0.15) is 0 Å². The van der Waals surface area contributed by atoms with Crippen molar-refractivity contribution in [3.63, 3.8) is 0 Å². The Labute approximate surface area is 230 Å². The molecule has 0 bridgehead atoms. The Balaban J connectivity index is 1.67. The van der Waals surface area contributed by atoms with Crippen LogP contribution in [0, 0.1) is 0 Å². The van der Waals surface area contributed by atoms with Crippen LogP contribution in [0.1, 0.15) is 33.4 Å². The van der Waals surface area contributed by atoms with Gasteiger partial charge in [0.25, 0.3) is 0 Å². The van der Waals surface area contributed by atoms with Crippen molar-refractivity contribution < 1.29 is 10.2 Å². The van der Waals surface area contributed by atoms with Gasteiger partial charge in [-0.3, -0.25) is 9.80 Å². The summed E-state index contributed by atoms with van der Waals surface area (Å²) in [5.74, 6) is 0.856. The van der Waals surface area contributed by atoms with Crippen LogP contribution in [0.5, 0.6) is 11.5 Å². The first kappa shape index (κ1) is 30.3. The number of aromatic hydroxyl groups is 2. The average Bonchev–Trinajstić information content (AvgIpc) is 2.80. The van der Waals surface area contributed by atoms with Gasteiger partial charge in [0, 0.05) is 87.7 Å². The van der Waals surface area contributed by atoms with Crippen LogP contribution in [0.4, 0.5) is 0 Å². The van der Waals surface area contributed by atoms with Crippen LogP contribution in [0.25, 0.3) is 0 Å². The molecule has 0 radical (unpaired) electrons. The highest BCUT2D eigenvalue weighted by molar-refractivity contribution is 5.45. The fourth-order valence-electron chi connectivity index (χ4n) is 5.31. The Hall–Kier alpha value is -2.20. The fourth-order valence-corrected chi connectivity index (χ4v) is 5.31. The molecule has 0 aliphatic carbocycles. The largest absolute Gasteiger partial charge is 0.507 e. The van der Waals surface area contributed by atoms with Gasteiger partial charge in [0.05, 0.1) is 0 Å². The molecule has 2 aromatic carbocycles. The van der Waals surface area contributed by atoms with Gasteiger partial charge >= 0.3 is 0 Å². The molecule has 8 nitrogen and oxygen atoms in total. The van der Waals surface area contributed by atoms with Crippen molar-refractivity contribution in [1.82, 2.24) is 29.4 Å². The number of nitrogens with zero attached hydrogens (tertiary/aromatic N) is 6. The van der Waals surface area contributed by atoms with Gasteiger partial charge in [0.2, 0.25) is 0 Å². The monoisotopic (exact) mass is 526 g/mol. The molecule has 212 valence electrons. The molecule has 38 heavy (non-hydrogen) atoms. The Morgan fingerprint density at radius 1 is 0.500 bits per heavy atom. The number of phenolic OH excluding ortho intramolecular Hbond substituents is 2. The van der Waals surface area contributed by atoms with Gasteiger partial charge < -0.3 is 29.8 Å². The number of benzene rings is 2. The van der Waals surface area contributed by atoms with Crippen LogP contribution >= 0.6 is 0 Å². The topological polar surface area (TPSA) is 59.9 Å². The molecule has 0 amide bonds. The molecule has 1 aliphatic rings. The van der Waals surface area contributed by atoms with Gasteiger partial charge in [-0.15, -0.1) is 0 Å². The third kappa shape index (κ3) is 8.93. The van der Waals surface area contributed by atoms with Crippen LogP contribution in [-0.4, -0.2) is 122 Å². The molecule has 2 N–H and O–H groups in total. The Morgan fingerprint density at radius 2 is 0.737 bits per heavy atom. The Kier molecular flexibility index (Phi) is 11.0. The first-order chi connectivity index (χ1) is 17.9. The third-order valence-electron chi connectivity index (χ3n) is 6.88. The van der Waals surface area contributed by atoms with Gasteiger partial charge in [-0.25, -0.2) is 0 Å². The lowest BCUT2D eigenvalue weighted by molar-refractivity contribution is 0.122. The number of rotatable bonds is 12. The summed E-state index contributed by atoms with van der Waals surface area (Å²) in [6.45, 7) is 8.76. The van der Waals surface area contributed by atoms with E-state index in [4.69, 9.17) is 0 Å². The molecule has 1 fully saturated rings. The Morgan fingerprint density at radius 3 is 0.947 bits per heavy atom. The molecule has 0 aromatic heterocycles. The van der Waals surface area contributed by atoms with Crippen molar-refractivity contribution in [3.05, 3.63) is 57.6 Å². The molecule has 1 saturated heterocycles. The van der Waals surface area contributed by atoms with Crippen molar-refractivity contribution in [2.24, 2.45) is 0 Å². The maximum Gasteiger partial charge on any atom is 0.124 e. The summed E-state index contributed by atoms with van der Waals surface area (Å²) in [5, 5.41) is 21.7. The van der Waals surface area contributed by atoms with Crippen molar-refractivity contribution in [2.75, 3.05) is 82.6 Å². The zero-order valence-electron chi connectivity index (χ0n) is 25.0. The van der Waals surface area contributed by atoms with Crippen LogP contribution in [0.2, 0.25) is 0 Å². The lowest BCUT2D eigenvalue weighted by Crippen LogP contribution is -2.45. The second-order valence-electron chi connectivity index (χ2n) is 12.0. The van der Waals surface area contributed by atoms with Crippen molar-refractivity contribution in [1.29, 1.82) is 0 Å². The van der Waals surface area contributed by atoms with Crippen LogP contribution < -0.4 is 0 Å². The standard InChI is InChI=1S/C30H50N6O2/c1-31(2)19-25-13-23(14-26(29(25)37)20-32(3)4)17-35-9-11-36(12-10-35)18-24-15-27(21-33(5)6)30(38)28(16-24)22-34(7)8/h13-16,37-38H,9-12,17-22H2,1-8H3. The molecule has 0 unspecified atom stereocenters.